The number of guanidine groups is 1. The highest BCUT2D eigenvalue weighted by Crippen LogP contribution is 2.21. The first kappa shape index (κ1) is 22.2. The molecule has 0 amide bonds. The van der Waals surface area contributed by atoms with Crippen LogP contribution in [0, 0.1) is 5.82 Å². The SMILES string of the molecule is CN=C(NCCC(C)c1ccc(OC)cc1)NCc1cccc(F)c1.I. The Morgan fingerprint density at radius 3 is 2.50 bits per heavy atom. The first-order chi connectivity index (χ1) is 12.1. The summed E-state index contributed by atoms with van der Waals surface area (Å²) < 4.78 is 18.4. The number of ether oxygens (including phenoxy) is 1. The van der Waals surface area contributed by atoms with Gasteiger partial charge in [-0.2, -0.15) is 0 Å². The van der Waals surface area contributed by atoms with Crippen LogP contribution in [0.2, 0.25) is 0 Å². The number of hydrogen-bond donors (Lipinski definition) is 2. The fourth-order valence-electron chi connectivity index (χ4n) is 2.56. The van der Waals surface area contributed by atoms with Gasteiger partial charge in [0.15, 0.2) is 5.96 Å². The molecule has 1 atom stereocenters. The van der Waals surface area contributed by atoms with E-state index in [1.807, 2.05) is 18.2 Å². The van der Waals surface area contributed by atoms with E-state index in [0.29, 0.717) is 18.4 Å². The molecule has 2 aromatic carbocycles. The van der Waals surface area contributed by atoms with Crippen molar-refractivity contribution in [3.63, 3.8) is 0 Å². The van der Waals surface area contributed by atoms with E-state index in [-0.39, 0.29) is 29.8 Å². The number of methoxy groups -OCH3 is 1. The Kier molecular flexibility index (Phi) is 10.0. The third kappa shape index (κ3) is 7.19. The number of benzene rings is 2. The minimum Gasteiger partial charge on any atom is -0.497 e. The molecule has 0 heterocycles. The number of hydrogen-bond acceptors (Lipinski definition) is 2. The van der Waals surface area contributed by atoms with Crippen molar-refractivity contribution in [2.75, 3.05) is 20.7 Å². The molecule has 0 radical (unpaired) electrons. The summed E-state index contributed by atoms with van der Waals surface area (Å²) in [7, 11) is 3.40. The Balaban J connectivity index is 0.00000338. The molecule has 1 unspecified atom stereocenters. The number of rotatable bonds is 7. The van der Waals surface area contributed by atoms with Gasteiger partial charge in [-0.25, -0.2) is 4.39 Å². The highest BCUT2D eigenvalue weighted by molar-refractivity contribution is 14.0. The number of nitrogens with zero attached hydrogens (tertiary/aromatic N) is 1. The molecule has 0 aliphatic carbocycles. The zero-order valence-electron chi connectivity index (χ0n) is 15.5. The molecule has 2 N–H and O–H groups in total. The minimum atomic E-state index is -0.226. The van der Waals surface area contributed by atoms with Crippen molar-refractivity contribution in [3.8, 4) is 5.75 Å². The molecule has 0 saturated carbocycles. The molecule has 142 valence electrons. The average molecular weight is 471 g/mol. The molecule has 4 nitrogen and oxygen atoms in total. The first-order valence-electron chi connectivity index (χ1n) is 8.45. The van der Waals surface area contributed by atoms with Crippen LogP contribution in [0.1, 0.15) is 30.4 Å². The molecule has 0 aromatic heterocycles. The van der Waals surface area contributed by atoms with Gasteiger partial charge in [0, 0.05) is 20.1 Å². The third-order valence-electron chi connectivity index (χ3n) is 4.13. The molecule has 2 rings (SSSR count). The molecular formula is C20H27FIN3O. The van der Waals surface area contributed by atoms with Crippen molar-refractivity contribution in [3.05, 3.63) is 65.5 Å². The van der Waals surface area contributed by atoms with E-state index in [2.05, 4.69) is 34.7 Å². The summed E-state index contributed by atoms with van der Waals surface area (Å²) in [5.74, 6) is 1.79. The van der Waals surface area contributed by atoms with Crippen molar-refractivity contribution in [2.24, 2.45) is 4.99 Å². The minimum absolute atomic E-state index is 0. The van der Waals surface area contributed by atoms with E-state index in [1.54, 1.807) is 20.2 Å². The topological polar surface area (TPSA) is 45.7 Å². The quantitative estimate of drug-likeness (QED) is 0.360. The van der Waals surface area contributed by atoms with Crippen LogP contribution in [0.3, 0.4) is 0 Å². The third-order valence-corrected chi connectivity index (χ3v) is 4.13. The van der Waals surface area contributed by atoms with E-state index in [4.69, 9.17) is 4.74 Å². The fourth-order valence-corrected chi connectivity index (χ4v) is 2.56. The lowest BCUT2D eigenvalue weighted by molar-refractivity contribution is 0.414. The molecular weight excluding hydrogens is 444 g/mol. The molecule has 0 aliphatic heterocycles. The Morgan fingerprint density at radius 1 is 1.15 bits per heavy atom. The normalized spacial score (nSPS) is 12.1. The lowest BCUT2D eigenvalue weighted by Gasteiger charge is -2.15. The van der Waals surface area contributed by atoms with Crippen molar-refractivity contribution in [1.29, 1.82) is 0 Å². The summed E-state index contributed by atoms with van der Waals surface area (Å²) in [5, 5.41) is 6.50. The highest BCUT2D eigenvalue weighted by Gasteiger charge is 2.06. The van der Waals surface area contributed by atoms with Gasteiger partial charge in [-0.3, -0.25) is 4.99 Å². The zero-order chi connectivity index (χ0) is 18.1. The molecule has 0 spiro atoms. The van der Waals surface area contributed by atoms with Gasteiger partial charge in [0.1, 0.15) is 11.6 Å². The van der Waals surface area contributed by atoms with Crippen molar-refractivity contribution >= 4 is 29.9 Å². The van der Waals surface area contributed by atoms with E-state index >= 15 is 0 Å². The smallest absolute Gasteiger partial charge is 0.191 e. The monoisotopic (exact) mass is 471 g/mol. The van der Waals surface area contributed by atoms with Crippen LogP contribution in [0.5, 0.6) is 5.75 Å². The van der Waals surface area contributed by atoms with E-state index in [9.17, 15) is 4.39 Å². The molecule has 0 bridgehead atoms. The van der Waals surface area contributed by atoms with Gasteiger partial charge in [-0.05, 0) is 47.7 Å². The number of halogens is 2. The fraction of sp³-hybridized carbons (Fsp3) is 0.350. The van der Waals surface area contributed by atoms with E-state index < -0.39 is 0 Å². The van der Waals surface area contributed by atoms with Crippen molar-refractivity contribution < 1.29 is 9.13 Å². The Labute approximate surface area is 172 Å². The van der Waals surface area contributed by atoms with E-state index in [0.717, 1.165) is 24.3 Å². The van der Waals surface area contributed by atoms with Crippen LogP contribution in [-0.4, -0.2) is 26.7 Å². The Morgan fingerprint density at radius 2 is 1.88 bits per heavy atom. The zero-order valence-corrected chi connectivity index (χ0v) is 17.8. The van der Waals surface area contributed by atoms with Gasteiger partial charge in [-0.15, -0.1) is 24.0 Å². The van der Waals surface area contributed by atoms with Crippen LogP contribution < -0.4 is 15.4 Å². The average Bonchev–Trinajstić information content (AvgIpc) is 2.64. The summed E-state index contributed by atoms with van der Waals surface area (Å²) in [6.07, 6.45) is 0.979. The van der Waals surface area contributed by atoms with Gasteiger partial charge in [0.25, 0.3) is 0 Å². The molecule has 26 heavy (non-hydrogen) atoms. The number of aliphatic imine (C=N–C) groups is 1. The molecule has 2 aromatic rings. The Bertz CT molecular complexity index is 692. The van der Waals surface area contributed by atoms with Gasteiger partial charge in [0.05, 0.1) is 7.11 Å². The van der Waals surface area contributed by atoms with Crippen LogP contribution in [0.4, 0.5) is 4.39 Å². The molecule has 6 heteroatoms. The second-order valence-electron chi connectivity index (χ2n) is 5.95. The van der Waals surface area contributed by atoms with Crippen LogP contribution >= 0.6 is 24.0 Å². The lowest BCUT2D eigenvalue weighted by atomic mass is 9.98. The predicted octanol–water partition coefficient (Wildman–Crippen LogP) is 4.31. The summed E-state index contributed by atoms with van der Waals surface area (Å²) in [6.45, 7) is 3.54. The van der Waals surface area contributed by atoms with E-state index in [1.165, 1.54) is 17.7 Å². The van der Waals surface area contributed by atoms with Gasteiger partial charge in [-0.1, -0.05) is 31.2 Å². The second kappa shape index (κ2) is 11.7. The van der Waals surface area contributed by atoms with Crippen LogP contribution in [-0.2, 0) is 6.54 Å². The molecule has 0 fully saturated rings. The molecule has 0 aliphatic rings. The summed E-state index contributed by atoms with van der Waals surface area (Å²) in [4.78, 5) is 4.20. The maximum Gasteiger partial charge on any atom is 0.191 e. The van der Waals surface area contributed by atoms with Gasteiger partial charge >= 0.3 is 0 Å². The largest absolute Gasteiger partial charge is 0.497 e. The van der Waals surface area contributed by atoms with Crippen molar-refractivity contribution in [2.45, 2.75) is 25.8 Å². The Hall–Kier alpha value is -1.83. The maximum absolute atomic E-state index is 13.2. The predicted molar refractivity (Wildman–Crippen MR) is 116 cm³/mol. The summed E-state index contributed by atoms with van der Waals surface area (Å²) >= 11 is 0. The van der Waals surface area contributed by atoms with Crippen LogP contribution in [0.25, 0.3) is 0 Å². The van der Waals surface area contributed by atoms with Crippen molar-refractivity contribution in [1.82, 2.24) is 10.6 Å². The second-order valence-corrected chi connectivity index (χ2v) is 5.95. The maximum atomic E-state index is 13.2. The summed E-state index contributed by atoms with van der Waals surface area (Å²) in [6, 6.07) is 14.7. The molecule has 0 saturated heterocycles. The first-order valence-corrected chi connectivity index (χ1v) is 8.45. The lowest BCUT2D eigenvalue weighted by Crippen LogP contribution is -2.37. The van der Waals surface area contributed by atoms with Gasteiger partial charge in [0.2, 0.25) is 0 Å². The summed E-state index contributed by atoms with van der Waals surface area (Å²) in [5.41, 5.74) is 2.17. The standard InChI is InChI=1S/C20H26FN3O.HI/c1-15(17-7-9-19(25-3)10-8-17)11-12-23-20(22-2)24-14-16-5-4-6-18(21)13-16;/h4-10,13,15H,11-12,14H2,1-3H3,(H2,22,23,24);1H. The van der Waals surface area contributed by atoms with Gasteiger partial charge < -0.3 is 15.4 Å². The number of nitrogens with one attached hydrogen (secondary N) is 2. The van der Waals surface area contributed by atoms with Crippen LogP contribution in [0.15, 0.2) is 53.5 Å². The highest BCUT2D eigenvalue weighted by atomic mass is 127.